The van der Waals surface area contributed by atoms with Crippen molar-refractivity contribution < 1.29 is 19.1 Å². The van der Waals surface area contributed by atoms with Crippen LogP contribution in [0.4, 0.5) is 4.79 Å². The van der Waals surface area contributed by atoms with E-state index in [1.165, 1.54) is 25.7 Å². The van der Waals surface area contributed by atoms with Gasteiger partial charge in [-0.15, -0.1) is 0 Å². The molecule has 1 fully saturated rings. The molecule has 0 radical (unpaired) electrons. The predicted molar refractivity (Wildman–Crippen MR) is 120 cm³/mol. The van der Waals surface area contributed by atoms with Crippen LogP contribution in [-0.2, 0) is 20.9 Å². The summed E-state index contributed by atoms with van der Waals surface area (Å²) in [5, 5.41) is 2.97. The van der Waals surface area contributed by atoms with Gasteiger partial charge in [0.15, 0.2) is 6.04 Å². The number of carbonyl (C=O) groups is 2. The number of nitrogens with one attached hydrogen (secondary N) is 1. The minimum Gasteiger partial charge on any atom is -0.477 e. The van der Waals surface area contributed by atoms with Gasteiger partial charge in [0.25, 0.3) is 0 Å². The van der Waals surface area contributed by atoms with Crippen molar-refractivity contribution >= 4 is 17.9 Å². The summed E-state index contributed by atoms with van der Waals surface area (Å²) in [4.78, 5) is 31.2. The third kappa shape index (κ3) is 6.97. The van der Waals surface area contributed by atoms with Crippen LogP contribution in [0.1, 0.15) is 63.9 Å². The molecule has 1 aromatic rings. The van der Waals surface area contributed by atoms with Gasteiger partial charge in [-0.25, -0.2) is 9.79 Å². The second kappa shape index (κ2) is 12.3. The second-order valence-electron chi connectivity index (χ2n) is 8.24. The van der Waals surface area contributed by atoms with Crippen molar-refractivity contribution in [2.75, 3.05) is 19.7 Å². The van der Waals surface area contributed by atoms with E-state index < -0.39 is 6.04 Å². The lowest BCUT2D eigenvalue weighted by Gasteiger charge is -2.23. The van der Waals surface area contributed by atoms with Gasteiger partial charge in [-0.05, 0) is 24.8 Å². The van der Waals surface area contributed by atoms with Crippen LogP contribution in [0.5, 0.6) is 0 Å². The highest BCUT2D eigenvalue weighted by molar-refractivity contribution is 5.92. The lowest BCUT2D eigenvalue weighted by molar-refractivity contribution is -0.122. The molecule has 3 rings (SSSR count). The molecule has 7 nitrogen and oxygen atoms in total. The van der Waals surface area contributed by atoms with Crippen LogP contribution >= 0.6 is 0 Å². The maximum atomic E-state index is 12.6. The molecule has 170 valence electrons. The SMILES string of the molecule is CCCCCCCCNC(=O)C1COC([C@H]2CCCN2C(=O)OCc2ccccc2)=N1. The van der Waals surface area contributed by atoms with Crippen molar-refractivity contribution in [1.29, 1.82) is 0 Å². The number of benzene rings is 1. The number of unbranched alkanes of at least 4 members (excludes halogenated alkanes) is 5. The van der Waals surface area contributed by atoms with Crippen molar-refractivity contribution in [2.24, 2.45) is 4.99 Å². The average molecular weight is 430 g/mol. The fraction of sp³-hybridized carbons (Fsp3) is 0.625. The van der Waals surface area contributed by atoms with E-state index in [1.807, 2.05) is 30.3 Å². The zero-order valence-corrected chi connectivity index (χ0v) is 18.6. The molecule has 1 unspecified atom stereocenters. The highest BCUT2D eigenvalue weighted by Gasteiger charge is 2.38. The molecule has 0 spiro atoms. The maximum Gasteiger partial charge on any atom is 0.410 e. The number of ether oxygens (including phenoxy) is 2. The lowest BCUT2D eigenvalue weighted by atomic mass is 10.1. The van der Waals surface area contributed by atoms with E-state index in [9.17, 15) is 9.59 Å². The fourth-order valence-electron chi connectivity index (χ4n) is 3.99. The summed E-state index contributed by atoms with van der Waals surface area (Å²) >= 11 is 0. The van der Waals surface area contributed by atoms with E-state index in [2.05, 4.69) is 17.2 Å². The summed E-state index contributed by atoms with van der Waals surface area (Å²) in [5.41, 5.74) is 0.947. The van der Waals surface area contributed by atoms with Gasteiger partial charge in [-0.2, -0.15) is 0 Å². The number of nitrogens with zero attached hydrogens (tertiary/aromatic N) is 2. The Bertz CT molecular complexity index is 738. The zero-order chi connectivity index (χ0) is 21.9. The summed E-state index contributed by atoms with van der Waals surface area (Å²) < 4.78 is 11.2. The molecule has 0 aromatic heterocycles. The third-order valence-corrected chi connectivity index (χ3v) is 5.78. The summed E-state index contributed by atoms with van der Waals surface area (Å²) in [5.74, 6) is 0.383. The van der Waals surface area contributed by atoms with Gasteiger partial charge < -0.3 is 14.8 Å². The minimum atomic E-state index is -0.530. The van der Waals surface area contributed by atoms with Gasteiger partial charge in [0.1, 0.15) is 19.3 Å². The lowest BCUT2D eigenvalue weighted by Crippen LogP contribution is -2.41. The number of amides is 2. The number of hydrogen-bond donors (Lipinski definition) is 1. The van der Waals surface area contributed by atoms with Gasteiger partial charge in [-0.3, -0.25) is 9.69 Å². The smallest absolute Gasteiger partial charge is 0.410 e. The molecule has 7 heteroatoms. The molecule has 0 aliphatic carbocycles. The van der Waals surface area contributed by atoms with Crippen LogP contribution in [0.2, 0.25) is 0 Å². The average Bonchev–Trinajstić information content (AvgIpc) is 3.47. The third-order valence-electron chi connectivity index (χ3n) is 5.78. The molecule has 1 aromatic carbocycles. The zero-order valence-electron chi connectivity index (χ0n) is 18.6. The molecule has 2 atom stereocenters. The van der Waals surface area contributed by atoms with Gasteiger partial charge in [0.05, 0.1) is 0 Å². The molecule has 2 aliphatic rings. The first-order valence-electron chi connectivity index (χ1n) is 11.6. The van der Waals surface area contributed by atoms with E-state index >= 15 is 0 Å². The molecule has 2 aliphatic heterocycles. The first-order valence-corrected chi connectivity index (χ1v) is 11.6. The Hall–Kier alpha value is -2.57. The Balaban J connectivity index is 1.43. The Morgan fingerprint density at radius 3 is 2.74 bits per heavy atom. The molecule has 2 amide bonds. The first-order chi connectivity index (χ1) is 15.2. The number of likely N-dealkylation sites (tertiary alicyclic amines) is 1. The van der Waals surface area contributed by atoms with Crippen LogP contribution in [-0.4, -0.2) is 54.6 Å². The molecule has 1 saturated heterocycles. The standard InChI is InChI=1S/C24H35N3O4/c1-2-3-4-5-6-10-15-25-22(28)20-18-30-23(26-20)21-14-11-16-27(21)24(29)31-17-19-12-8-7-9-13-19/h7-9,12-13,20-21H,2-6,10-11,14-18H2,1H3,(H,25,28)/t20?,21-/m1/s1. The quantitative estimate of drug-likeness (QED) is 0.538. The number of carbonyl (C=O) groups excluding carboxylic acids is 2. The van der Waals surface area contributed by atoms with Crippen LogP contribution in [0.3, 0.4) is 0 Å². The molecule has 2 heterocycles. The van der Waals surface area contributed by atoms with E-state index in [0.29, 0.717) is 19.0 Å². The fourth-order valence-corrected chi connectivity index (χ4v) is 3.99. The molecule has 0 bridgehead atoms. The topological polar surface area (TPSA) is 80.2 Å². The Kier molecular flexibility index (Phi) is 9.18. The summed E-state index contributed by atoms with van der Waals surface area (Å²) in [6.45, 7) is 3.96. The van der Waals surface area contributed by atoms with Crippen LogP contribution in [0, 0.1) is 0 Å². The van der Waals surface area contributed by atoms with E-state index in [-0.39, 0.29) is 31.3 Å². The van der Waals surface area contributed by atoms with Crippen LogP contribution in [0.15, 0.2) is 35.3 Å². The molecular formula is C24H35N3O4. The highest BCUT2D eigenvalue weighted by Crippen LogP contribution is 2.23. The number of aliphatic imine (C=N–C) groups is 1. The van der Waals surface area contributed by atoms with E-state index in [0.717, 1.165) is 31.2 Å². The van der Waals surface area contributed by atoms with Gasteiger partial charge in [-0.1, -0.05) is 69.4 Å². The van der Waals surface area contributed by atoms with Crippen molar-refractivity contribution in [3.05, 3.63) is 35.9 Å². The van der Waals surface area contributed by atoms with Crippen LogP contribution in [0.25, 0.3) is 0 Å². The monoisotopic (exact) mass is 429 g/mol. The molecule has 0 saturated carbocycles. The van der Waals surface area contributed by atoms with Gasteiger partial charge >= 0.3 is 6.09 Å². The maximum absolute atomic E-state index is 12.6. The molecular weight excluding hydrogens is 394 g/mol. The molecule has 31 heavy (non-hydrogen) atoms. The van der Waals surface area contributed by atoms with Crippen molar-refractivity contribution in [3.8, 4) is 0 Å². The van der Waals surface area contributed by atoms with E-state index in [1.54, 1.807) is 4.90 Å². The van der Waals surface area contributed by atoms with Gasteiger partial charge in [0.2, 0.25) is 11.8 Å². The van der Waals surface area contributed by atoms with Crippen molar-refractivity contribution in [1.82, 2.24) is 10.2 Å². The second-order valence-corrected chi connectivity index (χ2v) is 8.24. The number of rotatable bonds is 11. The van der Waals surface area contributed by atoms with Gasteiger partial charge in [0, 0.05) is 13.1 Å². The summed E-state index contributed by atoms with van der Waals surface area (Å²) in [6, 6.07) is 8.83. The normalized spacial score (nSPS) is 20.3. The Labute approximate surface area is 185 Å². The Morgan fingerprint density at radius 2 is 1.94 bits per heavy atom. The summed E-state index contributed by atoms with van der Waals surface area (Å²) in [6.07, 6.45) is 8.39. The predicted octanol–water partition coefficient (Wildman–Crippen LogP) is 4.06. The van der Waals surface area contributed by atoms with Crippen LogP contribution < -0.4 is 5.32 Å². The van der Waals surface area contributed by atoms with Crippen molar-refractivity contribution in [3.63, 3.8) is 0 Å². The largest absolute Gasteiger partial charge is 0.477 e. The minimum absolute atomic E-state index is 0.0974. The van der Waals surface area contributed by atoms with Crippen molar-refractivity contribution in [2.45, 2.75) is 77.0 Å². The highest BCUT2D eigenvalue weighted by atomic mass is 16.6. The summed E-state index contributed by atoms with van der Waals surface area (Å²) in [7, 11) is 0. The molecule has 1 N–H and O–H groups in total. The Morgan fingerprint density at radius 1 is 1.16 bits per heavy atom. The first kappa shape index (κ1) is 23.1. The number of hydrogen-bond acceptors (Lipinski definition) is 5. The van der Waals surface area contributed by atoms with E-state index in [4.69, 9.17) is 9.47 Å².